The second-order valence-corrected chi connectivity index (χ2v) is 7.39. The molecule has 0 aromatic heterocycles. The number of hydrogen-bond acceptors (Lipinski definition) is 2. The summed E-state index contributed by atoms with van der Waals surface area (Å²) in [6.07, 6.45) is 6.58. The number of rotatable bonds is 4. The average Bonchev–Trinajstić information content (AvgIpc) is 2.46. The molecule has 0 amide bonds. The number of hydrogen-bond donors (Lipinski definition) is 1. The van der Waals surface area contributed by atoms with Crippen molar-refractivity contribution in [3.8, 4) is 5.75 Å². The van der Waals surface area contributed by atoms with Crippen molar-refractivity contribution in [2.75, 3.05) is 6.54 Å². The van der Waals surface area contributed by atoms with Gasteiger partial charge in [0.25, 0.3) is 0 Å². The van der Waals surface area contributed by atoms with Crippen LogP contribution in [0.4, 0.5) is 0 Å². The largest absolute Gasteiger partial charge is 0.505 e. The first kappa shape index (κ1) is 16.6. The van der Waals surface area contributed by atoms with Crippen molar-refractivity contribution < 1.29 is 5.11 Å². The Labute approximate surface area is 142 Å². The lowest BCUT2D eigenvalue weighted by Gasteiger charge is -2.34. The topological polar surface area (TPSA) is 23.5 Å². The van der Waals surface area contributed by atoms with E-state index in [2.05, 4.69) is 43.7 Å². The summed E-state index contributed by atoms with van der Waals surface area (Å²) in [6, 6.07) is 2.43. The summed E-state index contributed by atoms with van der Waals surface area (Å²) in [5, 5.41) is 10.4. The molecule has 0 spiro atoms. The number of halogens is 3. The van der Waals surface area contributed by atoms with Crippen LogP contribution in [0.3, 0.4) is 0 Å². The molecule has 1 aromatic carbocycles. The Hall–Kier alpha value is 0.230. The van der Waals surface area contributed by atoms with E-state index in [1.807, 2.05) is 0 Å². The Morgan fingerprint density at radius 2 is 1.95 bits per heavy atom. The summed E-state index contributed by atoms with van der Waals surface area (Å²) in [6.45, 7) is 4.05. The standard InChI is InChI=1S/C15H20Br2ClNO/c1-2-19(10-6-4-3-5-7-10)9-11-12(16)8-13(18)15(20)14(11)17/h8,10,20H,2-7,9H2,1H3. The van der Waals surface area contributed by atoms with E-state index in [1.165, 1.54) is 32.1 Å². The second-order valence-electron chi connectivity index (χ2n) is 5.34. The molecule has 0 bridgehead atoms. The van der Waals surface area contributed by atoms with Gasteiger partial charge in [-0.3, -0.25) is 4.90 Å². The number of phenols is 1. The molecule has 1 aliphatic rings. The molecule has 0 atom stereocenters. The summed E-state index contributed by atoms with van der Waals surface area (Å²) in [5.41, 5.74) is 1.07. The first-order valence-electron chi connectivity index (χ1n) is 7.14. The Bertz CT molecular complexity index is 475. The molecule has 5 heteroatoms. The highest BCUT2D eigenvalue weighted by Crippen LogP contribution is 2.40. The van der Waals surface area contributed by atoms with Crippen molar-refractivity contribution in [2.24, 2.45) is 0 Å². The predicted molar refractivity (Wildman–Crippen MR) is 91.5 cm³/mol. The van der Waals surface area contributed by atoms with Crippen molar-refractivity contribution in [2.45, 2.75) is 51.6 Å². The molecular formula is C15H20Br2ClNO. The number of phenolic OH excluding ortho intramolecular Hbond substituents is 1. The van der Waals surface area contributed by atoms with Gasteiger partial charge >= 0.3 is 0 Å². The van der Waals surface area contributed by atoms with Gasteiger partial charge in [-0.1, -0.05) is 53.7 Å². The van der Waals surface area contributed by atoms with Gasteiger partial charge in [0.2, 0.25) is 0 Å². The molecule has 1 fully saturated rings. The first-order chi connectivity index (χ1) is 9.54. The van der Waals surface area contributed by atoms with Crippen molar-refractivity contribution >= 4 is 43.5 Å². The summed E-state index contributed by atoms with van der Waals surface area (Å²) >= 11 is 13.0. The normalized spacial score (nSPS) is 16.9. The molecule has 0 heterocycles. The van der Waals surface area contributed by atoms with Gasteiger partial charge in [-0.2, -0.15) is 0 Å². The summed E-state index contributed by atoms with van der Waals surface area (Å²) in [5.74, 6) is 0.129. The maximum atomic E-state index is 9.99. The van der Waals surface area contributed by atoms with Gasteiger partial charge in [0, 0.05) is 17.1 Å². The van der Waals surface area contributed by atoms with Crippen LogP contribution in [0, 0.1) is 0 Å². The van der Waals surface area contributed by atoms with Crippen LogP contribution in [0.25, 0.3) is 0 Å². The first-order valence-corrected chi connectivity index (χ1v) is 9.10. The van der Waals surface area contributed by atoms with Crippen LogP contribution < -0.4 is 0 Å². The van der Waals surface area contributed by atoms with E-state index in [9.17, 15) is 5.11 Å². The third-order valence-corrected chi connectivity index (χ3v) is 5.95. The summed E-state index contributed by atoms with van der Waals surface area (Å²) in [4.78, 5) is 2.50. The molecule has 0 saturated heterocycles. The molecule has 112 valence electrons. The fraction of sp³-hybridized carbons (Fsp3) is 0.600. The second kappa shape index (κ2) is 7.48. The van der Waals surface area contributed by atoms with Gasteiger partial charge in [0.1, 0.15) is 5.75 Å². The zero-order valence-electron chi connectivity index (χ0n) is 11.6. The zero-order valence-corrected chi connectivity index (χ0v) is 15.6. The Kier molecular flexibility index (Phi) is 6.21. The molecule has 2 nitrogen and oxygen atoms in total. The van der Waals surface area contributed by atoms with Crippen LogP contribution in [0.5, 0.6) is 5.75 Å². The highest BCUT2D eigenvalue weighted by atomic mass is 79.9. The summed E-state index contributed by atoms with van der Waals surface area (Å²) in [7, 11) is 0. The third kappa shape index (κ3) is 3.70. The molecular weight excluding hydrogens is 405 g/mol. The van der Waals surface area contributed by atoms with Gasteiger partial charge in [-0.05, 0) is 46.9 Å². The lowest BCUT2D eigenvalue weighted by atomic mass is 9.94. The molecule has 20 heavy (non-hydrogen) atoms. The number of nitrogens with zero attached hydrogens (tertiary/aromatic N) is 1. The SMILES string of the molecule is CCN(Cc1c(Br)cc(Cl)c(O)c1Br)C1CCCCC1. The van der Waals surface area contributed by atoms with Crippen LogP contribution in [0.1, 0.15) is 44.6 Å². The van der Waals surface area contributed by atoms with E-state index in [1.54, 1.807) is 6.07 Å². The van der Waals surface area contributed by atoms with Crippen LogP contribution in [-0.2, 0) is 6.54 Å². The highest BCUT2D eigenvalue weighted by molar-refractivity contribution is 9.11. The van der Waals surface area contributed by atoms with Crippen molar-refractivity contribution in [1.29, 1.82) is 0 Å². The van der Waals surface area contributed by atoms with Crippen LogP contribution >= 0.6 is 43.5 Å². The van der Waals surface area contributed by atoms with Crippen LogP contribution in [-0.4, -0.2) is 22.6 Å². The van der Waals surface area contributed by atoms with Gasteiger partial charge in [-0.15, -0.1) is 0 Å². The van der Waals surface area contributed by atoms with E-state index in [-0.39, 0.29) is 5.75 Å². The minimum absolute atomic E-state index is 0.129. The maximum Gasteiger partial charge on any atom is 0.148 e. The minimum Gasteiger partial charge on any atom is -0.505 e. The lowest BCUT2D eigenvalue weighted by molar-refractivity contribution is 0.155. The highest BCUT2D eigenvalue weighted by Gasteiger charge is 2.22. The summed E-state index contributed by atoms with van der Waals surface area (Å²) < 4.78 is 1.65. The Balaban J connectivity index is 2.21. The molecule has 1 aromatic rings. The van der Waals surface area contributed by atoms with E-state index in [0.717, 1.165) is 23.1 Å². The van der Waals surface area contributed by atoms with Crippen molar-refractivity contribution in [1.82, 2.24) is 4.90 Å². The van der Waals surface area contributed by atoms with E-state index in [4.69, 9.17) is 11.6 Å². The molecule has 1 aliphatic carbocycles. The fourth-order valence-electron chi connectivity index (χ4n) is 2.91. The van der Waals surface area contributed by atoms with E-state index >= 15 is 0 Å². The molecule has 1 saturated carbocycles. The van der Waals surface area contributed by atoms with Crippen molar-refractivity contribution in [3.63, 3.8) is 0 Å². The Morgan fingerprint density at radius 3 is 2.55 bits per heavy atom. The van der Waals surface area contributed by atoms with Gasteiger partial charge in [-0.25, -0.2) is 0 Å². The van der Waals surface area contributed by atoms with Gasteiger partial charge in [0.15, 0.2) is 0 Å². The van der Waals surface area contributed by atoms with Crippen LogP contribution in [0.2, 0.25) is 5.02 Å². The molecule has 0 unspecified atom stereocenters. The van der Waals surface area contributed by atoms with Crippen LogP contribution in [0.15, 0.2) is 15.0 Å². The lowest BCUT2D eigenvalue weighted by Crippen LogP contribution is -2.36. The molecule has 1 N–H and O–H groups in total. The van der Waals surface area contributed by atoms with E-state index in [0.29, 0.717) is 15.5 Å². The maximum absolute atomic E-state index is 9.99. The third-order valence-electron chi connectivity index (χ3n) is 4.10. The molecule has 0 aliphatic heterocycles. The zero-order chi connectivity index (χ0) is 14.7. The molecule has 2 rings (SSSR count). The number of aromatic hydroxyl groups is 1. The predicted octanol–water partition coefficient (Wildman–Crippen LogP) is 5.73. The average molecular weight is 426 g/mol. The van der Waals surface area contributed by atoms with Crippen molar-refractivity contribution in [3.05, 3.63) is 25.6 Å². The van der Waals surface area contributed by atoms with Gasteiger partial charge in [0.05, 0.1) is 9.50 Å². The monoisotopic (exact) mass is 423 g/mol. The number of benzene rings is 1. The van der Waals surface area contributed by atoms with Gasteiger partial charge < -0.3 is 5.11 Å². The quantitative estimate of drug-likeness (QED) is 0.666. The fourth-order valence-corrected chi connectivity index (χ4v) is 4.73. The molecule has 0 radical (unpaired) electrons. The Morgan fingerprint density at radius 1 is 1.30 bits per heavy atom. The van der Waals surface area contributed by atoms with E-state index < -0.39 is 0 Å². The smallest absolute Gasteiger partial charge is 0.148 e. The minimum atomic E-state index is 0.129.